The number of carbonyl (C=O) groups is 2. The predicted octanol–water partition coefficient (Wildman–Crippen LogP) is 4.12. The van der Waals surface area contributed by atoms with E-state index in [1.54, 1.807) is 19.1 Å². The summed E-state index contributed by atoms with van der Waals surface area (Å²) in [6.07, 6.45) is 3.66. The number of nitrogens with zero attached hydrogens (tertiary/aromatic N) is 1. The average molecular weight is 451 g/mol. The van der Waals surface area contributed by atoms with Crippen molar-refractivity contribution >= 4 is 23.4 Å². The van der Waals surface area contributed by atoms with E-state index in [-0.39, 0.29) is 23.5 Å². The van der Waals surface area contributed by atoms with E-state index >= 15 is 0 Å². The van der Waals surface area contributed by atoms with Gasteiger partial charge in [0.05, 0.1) is 11.7 Å². The van der Waals surface area contributed by atoms with Gasteiger partial charge in [0.1, 0.15) is 5.75 Å². The fraction of sp³-hybridized carbons (Fsp3) is 0.667. The second-order valence-corrected chi connectivity index (χ2v) is 9.79. The van der Waals surface area contributed by atoms with E-state index in [9.17, 15) is 9.59 Å². The highest BCUT2D eigenvalue weighted by molar-refractivity contribution is 6.30. The van der Waals surface area contributed by atoms with E-state index in [1.165, 1.54) is 0 Å². The summed E-state index contributed by atoms with van der Waals surface area (Å²) in [6.45, 7) is 9.79. The fourth-order valence-electron chi connectivity index (χ4n) is 4.40. The first-order chi connectivity index (χ1) is 14.7. The molecular weight excluding hydrogens is 416 g/mol. The number of ether oxygens (including phenoxy) is 2. The van der Waals surface area contributed by atoms with Crippen molar-refractivity contribution < 1.29 is 19.1 Å². The van der Waals surface area contributed by atoms with Crippen LogP contribution in [0.2, 0.25) is 5.02 Å². The zero-order valence-electron chi connectivity index (χ0n) is 19.1. The number of rotatable bonds is 7. The maximum Gasteiger partial charge on any atom is 0.260 e. The molecule has 2 aliphatic rings. The lowest BCUT2D eigenvalue weighted by Gasteiger charge is -2.39. The lowest BCUT2D eigenvalue weighted by Crippen LogP contribution is -2.47. The van der Waals surface area contributed by atoms with Gasteiger partial charge in [-0.1, -0.05) is 25.4 Å². The molecule has 2 atom stereocenters. The number of hydrogen-bond acceptors (Lipinski definition) is 4. The van der Waals surface area contributed by atoms with Crippen molar-refractivity contribution in [2.75, 3.05) is 19.6 Å². The Morgan fingerprint density at radius 2 is 1.97 bits per heavy atom. The van der Waals surface area contributed by atoms with Crippen LogP contribution in [0.5, 0.6) is 5.75 Å². The minimum absolute atomic E-state index is 0.00586. The van der Waals surface area contributed by atoms with Crippen LogP contribution in [0.15, 0.2) is 18.2 Å². The Balaban J connectivity index is 1.42. The average Bonchev–Trinajstić information content (AvgIpc) is 3.10. The quantitative estimate of drug-likeness (QED) is 0.678. The summed E-state index contributed by atoms with van der Waals surface area (Å²) >= 11 is 5.98. The summed E-state index contributed by atoms with van der Waals surface area (Å²) in [7, 11) is 0. The number of halogens is 1. The summed E-state index contributed by atoms with van der Waals surface area (Å²) in [5.74, 6) is 1.13. The summed E-state index contributed by atoms with van der Waals surface area (Å²) in [6, 6.07) is 5.35. The highest BCUT2D eigenvalue weighted by atomic mass is 35.5. The van der Waals surface area contributed by atoms with E-state index in [0.29, 0.717) is 29.7 Å². The number of amides is 2. The third-order valence-corrected chi connectivity index (χ3v) is 6.50. The van der Waals surface area contributed by atoms with Crippen molar-refractivity contribution in [3.05, 3.63) is 28.8 Å². The van der Waals surface area contributed by atoms with Gasteiger partial charge in [-0.2, -0.15) is 0 Å². The second kappa shape index (κ2) is 10.2. The van der Waals surface area contributed by atoms with Gasteiger partial charge in [0.25, 0.3) is 5.91 Å². The molecule has 2 fully saturated rings. The van der Waals surface area contributed by atoms with Gasteiger partial charge in [0.2, 0.25) is 5.91 Å². The normalized spacial score (nSPS) is 21.4. The molecule has 0 aromatic heterocycles. The molecule has 1 aromatic rings. The van der Waals surface area contributed by atoms with Gasteiger partial charge < -0.3 is 19.7 Å². The van der Waals surface area contributed by atoms with Crippen LogP contribution >= 0.6 is 11.6 Å². The van der Waals surface area contributed by atoms with Crippen molar-refractivity contribution in [3.8, 4) is 5.75 Å². The van der Waals surface area contributed by atoms with Gasteiger partial charge in [-0.25, -0.2) is 0 Å². The zero-order valence-corrected chi connectivity index (χ0v) is 19.8. The fourth-order valence-corrected chi connectivity index (χ4v) is 4.62. The van der Waals surface area contributed by atoms with Crippen LogP contribution in [-0.4, -0.2) is 54.2 Å². The van der Waals surface area contributed by atoms with E-state index in [4.69, 9.17) is 21.1 Å². The first-order valence-electron chi connectivity index (χ1n) is 11.3. The second-order valence-electron chi connectivity index (χ2n) is 9.36. The topological polar surface area (TPSA) is 67.9 Å². The maximum atomic E-state index is 12.5. The van der Waals surface area contributed by atoms with Crippen LogP contribution in [0.3, 0.4) is 0 Å². The Hall–Kier alpha value is -1.79. The van der Waals surface area contributed by atoms with Crippen molar-refractivity contribution in [2.24, 2.45) is 5.92 Å². The number of aryl methyl sites for hydroxylation is 1. The molecule has 1 spiro atoms. The molecule has 6 nitrogen and oxygen atoms in total. The molecule has 0 radical (unpaired) electrons. The van der Waals surface area contributed by atoms with Gasteiger partial charge in [-0.05, 0) is 69.2 Å². The zero-order chi connectivity index (χ0) is 22.6. The van der Waals surface area contributed by atoms with Crippen molar-refractivity contribution in [3.63, 3.8) is 0 Å². The van der Waals surface area contributed by atoms with E-state index in [1.807, 2.05) is 17.9 Å². The third kappa shape index (κ3) is 6.36. The molecule has 172 valence electrons. The van der Waals surface area contributed by atoms with Crippen LogP contribution in [-0.2, 0) is 14.3 Å². The smallest absolute Gasteiger partial charge is 0.260 e. The Bertz CT molecular complexity index is 790. The van der Waals surface area contributed by atoms with E-state index in [0.717, 1.165) is 44.3 Å². The van der Waals surface area contributed by atoms with Gasteiger partial charge in [0.15, 0.2) is 6.10 Å². The molecule has 2 heterocycles. The largest absolute Gasteiger partial charge is 0.481 e. The Labute approximate surface area is 190 Å². The SMILES string of the molecule is Cc1cc(Cl)ccc1O[C@H](C)C(=O)NC[C@@H]1CCC2(CCN(C(=O)CC(C)C)CC2)O1. The van der Waals surface area contributed by atoms with Gasteiger partial charge in [0, 0.05) is 31.1 Å². The molecule has 1 aromatic carbocycles. The standard InChI is InChI=1S/C24H35ClN2O4/c1-16(2)13-22(28)27-11-9-24(10-12-27)8-7-20(31-24)15-26-23(29)18(4)30-21-6-5-19(25)14-17(21)3/h5-6,14,16,18,20H,7-13,15H2,1-4H3,(H,26,29)/t18-,20+/m1/s1. The van der Waals surface area contributed by atoms with Crippen molar-refractivity contribution in [1.29, 1.82) is 0 Å². The van der Waals surface area contributed by atoms with Gasteiger partial charge in [-0.15, -0.1) is 0 Å². The van der Waals surface area contributed by atoms with Crippen molar-refractivity contribution in [1.82, 2.24) is 10.2 Å². The lowest BCUT2D eigenvalue weighted by molar-refractivity contribution is -0.139. The molecule has 2 saturated heterocycles. The van der Waals surface area contributed by atoms with Crippen LogP contribution in [0.1, 0.15) is 58.4 Å². The molecule has 31 heavy (non-hydrogen) atoms. The van der Waals surface area contributed by atoms with Crippen LogP contribution in [0.25, 0.3) is 0 Å². The number of benzene rings is 1. The molecule has 2 aliphatic heterocycles. The van der Waals surface area contributed by atoms with Crippen molar-refractivity contribution in [2.45, 2.75) is 77.6 Å². The molecule has 1 N–H and O–H groups in total. The molecule has 0 aliphatic carbocycles. The van der Waals surface area contributed by atoms with E-state index < -0.39 is 6.10 Å². The number of piperidine rings is 1. The number of carbonyl (C=O) groups excluding carboxylic acids is 2. The summed E-state index contributed by atoms with van der Waals surface area (Å²) in [5, 5.41) is 3.61. The Kier molecular flexibility index (Phi) is 7.87. The van der Waals surface area contributed by atoms with Gasteiger partial charge in [-0.3, -0.25) is 9.59 Å². The number of hydrogen-bond donors (Lipinski definition) is 1. The summed E-state index contributed by atoms with van der Waals surface area (Å²) in [4.78, 5) is 26.8. The van der Waals surface area contributed by atoms with Crippen LogP contribution in [0.4, 0.5) is 0 Å². The lowest BCUT2D eigenvalue weighted by atomic mass is 9.88. The molecule has 0 bridgehead atoms. The minimum atomic E-state index is -0.606. The Morgan fingerprint density at radius 3 is 2.61 bits per heavy atom. The highest BCUT2D eigenvalue weighted by Crippen LogP contribution is 2.39. The Morgan fingerprint density at radius 1 is 1.26 bits per heavy atom. The number of likely N-dealkylation sites (tertiary alicyclic amines) is 1. The first kappa shape index (κ1) is 23.9. The molecule has 0 saturated carbocycles. The summed E-state index contributed by atoms with van der Waals surface area (Å²) < 4.78 is 12.2. The highest BCUT2D eigenvalue weighted by Gasteiger charge is 2.43. The molecular formula is C24H35ClN2O4. The summed E-state index contributed by atoms with van der Waals surface area (Å²) in [5.41, 5.74) is 0.749. The maximum absolute atomic E-state index is 12.5. The molecule has 3 rings (SSSR count). The number of nitrogens with one attached hydrogen (secondary N) is 1. The van der Waals surface area contributed by atoms with E-state index in [2.05, 4.69) is 19.2 Å². The minimum Gasteiger partial charge on any atom is -0.481 e. The third-order valence-electron chi connectivity index (χ3n) is 6.26. The molecule has 2 amide bonds. The van der Waals surface area contributed by atoms with Gasteiger partial charge >= 0.3 is 0 Å². The molecule has 7 heteroatoms. The molecule has 0 unspecified atom stereocenters. The predicted molar refractivity (Wildman–Crippen MR) is 121 cm³/mol. The van der Waals surface area contributed by atoms with Crippen LogP contribution in [0, 0.1) is 12.8 Å². The monoisotopic (exact) mass is 450 g/mol. The van der Waals surface area contributed by atoms with Crippen LogP contribution < -0.4 is 10.1 Å². The first-order valence-corrected chi connectivity index (χ1v) is 11.7.